The van der Waals surface area contributed by atoms with Gasteiger partial charge in [0.05, 0.1) is 6.07 Å². The average Bonchev–Trinajstić information content (AvgIpc) is 2.37. The molecule has 0 aliphatic rings. The van der Waals surface area contributed by atoms with Crippen LogP contribution < -0.4 is 5.32 Å². The summed E-state index contributed by atoms with van der Waals surface area (Å²) in [4.78, 5) is 0. The quantitative estimate of drug-likeness (QED) is 0.842. The van der Waals surface area contributed by atoms with E-state index in [-0.39, 0.29) is 5.75 Å². The molecule has 0 aliphatic heterocycles. The molecule has 3 nitrogen and oxygen atoms in total. The molecule has 0 fully saturated rings. The Balaban J connectivity index is 2.21. The molecule has 0 heterocycles. The van der Waals surface area contributed by atoms with Crippen molar-refractivity contribution < 1.29 is 5.11 Å². The second-order valence-electron chi connectivity index (χ2n) is 3.67. The Kier molecular flexibility index (Phi) is 3.27. The summed E-state index contributed by atoms with van der Waals surface area (Å²) in [5, 5.41) is 21.6. The van der Waals surface area contributed by atoms with Gasteiger partial charge in [0.1, 0.15) is 11.8 Å². The number of nitrogens with zero attached hydrogens (tertiary/aromatic N) is 1. The molecule has 3 heteroatoms. The van der Waals surface area contributed by atoms with Crippen LogP contribution in [0.15, 0.2) is 54.6 Å². The fraction of sp³-hybridized carbons (Fsp3) is 0.0714. The Morgan fingerprint density at radius 3 is 2.47 bits per heavy atom. The SMILES string of the molecule is N#C[C@@H](Nc1ccccc1)c1cccc(O)c1. The van der Waals surface area contributed by atoms with Gasteiger partial charge in [0, 0.05) is 5.69 Å². The van der Waals surface area contributed by atoms with E-state index in [4.69, 9.17) is 5.26 Å². The number of phenolic OH excluding ortho intramolecular Hbond substituents is 1. The smallest absolute Gasteiger partial charge is 0.140 e. The van der Waals surface area contributed by atoms with Crippen molar-refractivity contribution in [2.75, 3.05) is 5.32 Å². The number of para-hydroxylation sites is 1. The molecule has 17 heavy (non-hydrogen) atoms. The van der Waals surface area contributed by atoms with Crippen LogP contribution in [0.5, 0.6) is 5.75 Å². The van der Waals surface area contributed by atoms with Crippen LogP contribution in [0.1, 0.15) is 11.6 Å². The second kappa shape index (κ2) is 5.04. The van der Waals surface area contributed by atoms with Crippen molar-refractivity contribution in [3.63, 3.8) is 0 Å². The van der Waals surface area contributed by atoms with Crippen LogP contribution in [0.25, 0.3) is 0 Å². The minimum atomic E-state index is -0.468. The summed E-state index contributed by atoms with van der Waals surface area (Å²) in [6.45, 7) is 0. The highest BCUT2D eigenvalue weighted by Gasteiger charge is 2.10. The Morgan fingerprint density at radius 1 is 1.06 bits per heavy atom. The van der Waals surface area contributed by atoms with Crippen LogP contribution in [-0.2, 0) is 0 Å². The summed E-state index contributed by atoms with van der Waals surface area (Å²) >= 11 is 0. The van der Waals surface area contributed by atoms with E-state index >= 15 is 0 Å². The topological polar surface area (TPSA) is 56.0 Å². The van der Waals surface area contributed by atoms with Crippen molar-refractivity contribution in [2.24, 2.45) is 0 Å². The lowest BCUT2D eigenvalue weighted by Gasteiger charge is -2.13. The maximum atomic E-state index is 9.39. The largest absolute Gasteiger partial charge is 0.508 e. The summed E-state index contributed by atoms with van der Waals surface area (Å²) in [5.41, 5.74) is 1.62. The van der Waals surface area contributed by atoms with Gasteiger partial charge in [-0.05, 0) is 29.8 Å². The highest BCUT2D eigenvalue weighted by Crippen LogP contribution is 2.21. The number of nitrogens with one attached hydrogen (secondary N) is 1. The van der Waals surface area contributed by atoms with E-state index in [1.165, 1.54) is 0 Å². The first-order chi connectivity index (χ1) is 8.29. The molecule has 2 N–H and O–H groups in total. The second-order valence-corrected chi connectivity index (χ2v) is 3.67. The van der Waals surface area contributed by atoms with Gasteiger partial charge < -0.3 is 10.4 Å². The third-order valence-corrected chi connectivity index (χ3v) is 2.42. The highest BCUT2D eigenvalue weighted by molar-refractivity contribution is 5.47. The van der Waals surface area contributed by atoms with Crippen molar-refractivity contribution in [3.05, 3.63) is 60.2 Å². The van der Waals surface area contributed by atoms with Crippen LogP contribution in [0.2, 0.25) is 0 Å². The molecular weight excluding hydrogens is 212 g/mol. The van der Waals surface area contributed by atoms with Gasteiger partial charge in [0.15, 0.2) is 0 Å². The van der Waals surface area contributed by atoms with Gasteiger partial charge in [-0.3, -0.25) is 0 Å². The van der Waals surface area contributed by atoms with E-state index in [2.05, 4.69) is 11.4 Å². The number of hydrogen-bond donors (Lipinski definition) is 2. The molecule has 0 amide bonds. The lowest BCUT2D eigenvalue weighted by atomic mass is 10.1. The predicted octanol–water partition coefficient (Wildman–Crippen LogP) is 3.07. The highest BCUT2D eigenvalue weighted by atomic mass is 16.3. The minimum Gasteiger partial charge on any atom is -0.508 e. The minimum absolute atomic E-state index is 0.164. The number of anilines is 1. The third kappa shape index (κ3) is 2.76. The van der Waals surface area contributed by atoms with Crippen molar-refractivity contribution in [1.82, 2.24) is 0 Å². The fourth-order valence-corrected chi connectivity index (χ4v) is 1.60. The number of phenols is 1. The Bertz CT molecular complexity index is 531. The molecule has 2 rings (SSSR count). The summed E-state index contributed by atoms with van der Waals surface area (Å²) in [7, 11) is 0. The number of benzene rings is 2. The zero-order valence-electron chi connectivity index (χ0n) is 9.17. The van der Waals surface area contributed by atoms with E-state index in [1.807, 2.05) is 36.4 Å². The first kappa shape index (κ1) is 11.0. The molecule has 84 valence electrons. The van der Waals surface area contributed by atoms with Gasteiger partial charge in [-0.15, -0.1) is 0 Å². The zero-order valence-corrected chi connectivity index (χ0v) is 9.17. The summed E-state index contributed by atoms with van der Waals surface area (Å²) < 4.78 is 0. The lowest BCUT2D eigenvalue weighted by molar-refractivity contribution is 0.474. The number of rotatable bonds is 3. The molecule has 0 aliphatic carbocycles. The number of nitriles is 1. The first-order valence-electron chi connectivity index (χ1n) is 5.30. The van der Waals surface area contributed by atoms with Crippen LogP contribution in [0, 0.1) is 11.3 Å². The zero-order chi connectivity index (χ0) is 12.1. The summed E-state index contributed by atoms with van der Waals surface area (Å²) in [6.07, 6.45) is 0. The predicted molar refractivity (Wildman–Crippen MR) is 66.5 cm³/mol. The number of hydrogen-bond acceptors (Lipinski definition) is 3. The van der Waals surface area contributed by atoms with Crippen LogP contribution in [0.4, 0.5) is 5.69 Å². The van der Waals surface area contributed by atoms with E-state index < -0.39 is 6.04 Å². The van der Waals surface area contributed by atoms with Gasteiger partial charge in [0.2, 0.25) is 0 Å². The Labute approximate surface area is 100.0 Å². The molecule has 1 atom stereocenters. The molecule has 0 aromatic heterocycles. The van der Waals surface area contributed by atoms with Crippen molar-refractivity contribution >= 4 is 5.69 Å². The van der Waals surface area contributed by atoms with Gasteiger partial charge in [-0.2, -0.15) is 5.26 Å². The number of aromatic hydroxyl groups is 1. The van der Waals surface area contributed by atoms with Gasteiger partial charge in [-0.25, -0.2) is 0 Å². The average molecular weight is 224 g/mol. The molecule has 0 radical (unpaired) electrons. The molecule has 2 aromatic rings. The standard InChI is InChI=1S/C14H12N2O/c15-10-14(11-5-4-8-13(17)9-11)16-12-6-2-1-3-7-12/h1-9,14,16-17H/t14-/m1/s1. The first-order valence-corrected chi connectivity index (χ1v) is 5.30. The summed E-state index contributed by atoms with van der Waals surface area (Å²) in [5.74, 6) is 0.164. The van der Waals surface area contributed by atoms with Crippen molar-refractivity contribution in [2.45, 2.75) is 6.04 Å². The Hall–Kier alpha value is -2.47. The van der Waals surface area contributed by atoms with Gasteiger partial charge in [0.25, 0.3) is 0 Å². The van der Waals surface area contributed by atoms with E-state index in [0.29, 0.717) is 0 Å². The van der Waals surface area contributed by atoms with Crippen LogP contribution >= 0.6 is 0 Å². The Morgan fingerprint density at radius 2 is 1.82 bits per heavy atom. The molecule has 0 saturated carbocycles. The molecular formula is C14H12N2O. The molecule has 2 aromatic carbocycles. The third-order valence-electron chi connectivity index (χ3n) is 2.42. The molecule has 0 unspecified atom stereocenters. The van der Waals surface area contributed by atoms with E-state index in [1.54, 1.807) is 18.2 Å². The van der Waals surface area contributed by atoms with Crippen molar-refractivity contribution in [1.29, 1.82) is 5.26 Å². The monoisotopic (exact) mass is 224 g/mol. The van der Waals surface area contributed by atoms with Crippen LogP contribution in [-0.4, -0.2) is 5.11 Å². The lowest BCUT2D eigenvalue weighted by Crippen LogP contribution is -2.08. The summed E-state index contributed by atoms with van der Waals surface area (Å²) in [6, 6.07) is 17.9. The van der Waals surface area contributed by atoms with Crippen molar-refractivity contribution in [3.8, 4) is 11.8 Å². The normalized spacial score (nSPS) is 11.5. The molecule has 0 bridgehead atoms. The van der Waals surface area contributed by atoms with E-state index in [0.717, 1.165) is 11.3 Å². The maximum Gasteiger partial charge on any atom is 0.140 e. The van der Waals surface area contributed by atoms with E-state index in [9.17, 15) is 5.11 Å². The van der Waals surface area contributed by atoms with Crippen LogP contribution in [0.3, 0.4) is 0 Å². The fourth-order valence-electron chi connectivity index (χ4n) is 1.60. The molecule has 0 spiro atoms. The van der Waals surface area contributed by atoms with Gasteiger partial charge >= 0.3 is 0 Å². The van der Waals surface area contributed by atoms with Gasteiger partial charge in [-0.1, -0.05) is 30.3 Å². The maximum absolute atomic E-state index is 9.39. The molecule has 0 saturated heterocycles.